The molecule has 0 unspecified atom stereocenters. The molecule has 0 bridgehead atoms. The van der Waals surface area contributed by atoms with Crippen LogP contribution in [-0.4, -0.2) is 38.6 Å². The summed E-state index contributed by atoms with van der Waals surface area (Å²) in [5.41, 5.74) is 7.91. The van der Waals surface area contributed by atoms with Crippen LogP contribution in [0.25, 0.3) is 0 Å². The van der Waals surface area contributed by atoms with Gasteiger partial charge in [-0.05, 0) is 0 Å². The van der Waals surface area contributed by atoms with Gasteiger partial charge in [-0.1, -0.05) is 0 Å². The fourth-order valence-electron chi connectivity index (χ4n) is 2.35. The molecule has 1 aliphatic heterocycles. The summed E-state index contributed by atoms with van der Waals surface area (Å²) in [5.74, 6) is 1.36. The highest BCUT2D eigenvalue weighted by molar-refractivity contribution is 5.49. The molecule has 0 saturated heterocycles. The number of aliphatic hydroxyl groups excluding tert-OH is 1. The Balaban J connectivity index is 1.86. The Labute approximate surface area is 115 Å². The molecule has 20 heavy (non-hydrogen) atoms. The quantitative estimate of drug-likeness (QED) is 0.795. The summed E-state index contributed by atoms with van der Waals surface area (Å²) in [6.07, 6.45) is 1.83. The largest absolute Gasteiger partial charge is 0.481 e. The molecule has 3 N–H and O–H groups in total. The van der Waals surface area contributed by atoms with Gasteiger partial charge >= 0.3 is 0 Å². The molecule has 3 rings (SSSR count). The third kappa shape index (κ3) is 2.14. The normalized spacial score (nSPS) is 13.6. The highest BCUT2D eigenvalue weighted by atomic mass is 16.5. The number of rotatable bonds is 4. The first-order chi connectivity index (χ1) is 9.71. The third-order valence-electron chi connectivity index (χ3n) is 3.29. The summed E-state index contributed by atoms with van der Waals surface area (Å²) < 4.78 is 6.92. The van der Waals surface area contributed by atoms with Gasteiger partial charge in [-0.2, -0.15) is 15.1 Å². The first-order valence-corrected chi connectivity index (χ1v) is 6.29. The molecule has 0 fully saturated rings. The molecule has 8 heteroatoms. The van der Waals surface area contributed by atoms with E-state index in [1.54, 1.807) is 13.2 Å². The van der Waals surface area contributed by atoms with E-state index in [0.29, 0.717) is 25.5 Å². The van der Waals surface area contributed by atoms with Crippen molar-refractivity contribution < 1.29 is 9.84 Å². The topological polar surface area (TPSA) is 102 Å². The zero-order chi connectivity index (χ0) is 14.1. The van der Waals surface area contributed by atoms with Crippen molar-refractivity contribution in [3.63, 3.8) is 0 Å². The maximum absolute atomic E-state index is 9.03. The molecular formula is C12H16N6O2. The number of methoxy groups -OCH3 is 1. The highest BCUT2D eigenvalue weighted by Crippen LogP contribution is 2.28. The molecule has 8 nitrogen and oxygen atoms in total. The number of nitrogens with two attached hydrogens (primary N) is 1. The second-order valence-corrected chi connectivity index (χ2v) is 4.55. The molecule has 0 amide bonds. The molecule has 106 valence electrons. The van der Waals surface area contributed by atoms with Crippen LogP contribution in [0.2, 0.25) is 0 Å². The predicted octanol–water partition coefficient (Wildman–Crippen LogP) is -0.224. The smallest absolute Gasteiger partial charge is 0.225 e. The van der Waals surface area contributed by atoms with Gasteiger partial charge in [0.05, 0.1) is 38.7 Å². The minimum atomic E-state index is 0.0718. The number of hydrogen-bond donors (Lipinski definition) is 2. The van der Waals surface area contributed by atoms with E-state index in [4.69, 9.17) is 15.6 Å². The Morgan fingerprint density at radius 3 is 3.00 bits per heavy atom. The minimum Gasteiger partial charge on any atom is -0.481 e. The van der Waals surface area contributed by atoms with Crippen molar-refractivity contribution in [2.45, 2.75) is 19.6 Å². The average Bonchev–Trinajstić information content (AvgIpc) is 3.00. The van der Waals surface area contributed by atoms with Crippen molar-refractivity contribution in [1.29, 1.82) is 0 Å². The lowest BCUT2D eigenvalue weighted by Crippen LogP contribution is -2.19. The van der Waals surface area contributed by atoms with Crippen LogP contribution < -0.4 is 15.4 Å². The summed E-state index contributed by atoms with van der Waals surface area (Å²) in [5, 5.41) is 13.3. The molecule has 0 aliphatic carbocycles. The molecule has 2 aromatic rings. The van der Waals surface area contributed by atoms with Gasteiger partial charge in [0, 0.05) is 18.2 Å². The van der Waals surface area contributed by atoms with Crippen LogP contribution in [0.15, 0.2) is 12.3 Å². The van der Waals surface area contributed by atoms with Crippen LogP contribution in [0.3, 0.4) is 0 Å². The van der Waals surface area contributed by atoms with Gasteiger partial charge in [0.1, 0.15) is 5.82 Å². The first-order valence-electron chi connectivity index (χ1n) is 6.29. The second kappa shape index (κ2) is 4.97. The van der Waals surface area contributed by atoms with Gasteiger partial charge in [-0.15, -0.1) is 0 Å². The van der Waals surface area contributed by atoms with Crippen molar-refractivity contribution in [3.8, 4) is 5.88 Å². The fraction of sp³-hybridized carbons (Fsp3) is 0.417. The van der Waals surface area contributed by atoms with Crippen molar-refractivity contribution in [3.05, 3.63) is 23.5 Å². The van der Waals surface area contributed by atoms with Gasteiger partial charge in [0.15, 0.2) is 0 Å². The Hall–Kier alpha value is -2.35. The van der Waals surface area contributed by atoms with Crippen LogP contribution in [0, 0.1) is 0 Å². The van der Waals surface area contributed by atoms with E-state index in [1.807, 2.05) is 10.9 Å². The van der Waals surface area contributed by atoms with E-state index in [2.05, 4.69) is 20.0 Å². The van der Waals surface area contributed by atoms with Crippen molar-refractivity contribution in [1.82, 2.24) is 19.7 Å². The molecule has 0 saturated carbocycles. The summed E-state index contributed by atoms with van der Waals surface area (Å²) in [7, 11) is 1.55. The Morgan fingerprint density at radius 1 is 1.40 bits per heavy atom. The number of nitrogen functional groups attached to an aromatic ring is 1. The van der Waals surface area contributed by atoms with Gasteiger partial charge in [0.2, 0.25) is 11.8 Å². The number of hydrogen-bond acceptors (Lipinski definition) is 7. The lowest BCUT2D eigenvalue weighted by Gasteiger charge is -2.17. The zero-order valence-electron chi connectivity index (χ0n) is 11.2. The molecular weight excluding hydrogens is 260 g/mol. The Morgan fingerprint density at radius 2 is 2.25 bits per heavy atom. The standard InChI is InChI=1S/C12H16N6O2/c1-20-11-4-10(15-12(13)16-11)17-6-8-5-14-18(2-3-19)9(8)7-17/h4-5,19H,2-3,6-7H2,1H3,(H2,13,15,16). The lowest BCUT2D eigenvalue weighted by atomic mass is 10.3. The average molecular weight is 276 g/mol. The minimum absolute atomic E-state index is 0.0718. The zero-order valence-corrected chi connectivity index (χ0v) is 11.2. The molecule has 2 aromatic heterocycles. The first kappa shape index (κ1) is 12.7. The summed E-state index contributed by atoms with van der Waals surface area (Å²) in [4.78, 5) is 10.3. The second-order valence-electron chi connectivity index (χ2n) is 4.55. The van der Waals surface area contributed by atoms with E-state index < -0.39 is 0 Å². The van der Waals surface area contributed by atoms with Crippen LogP contribution in [0.4, 0.5) is 11.8 Å². The number of aliphatic hydroxyl groups is 1. The SMILES string of the molecule is COc1cc(N2Cc3cnn(CCO)c3C2)nc(N)n1. The molecule has 0 aromatic carbocycles. The number of nitrogens with zero attached hydrogens (tertiary/aromatic N) is 5. The lowest BCUT2D eigenvalue weighted by molar-refractivity contribution is 0.267. The van der Waals surface area contributed by atoms with Crippen LogP contribution in [0.1, 0.15) is 11.3 Å². The highest BCUT2D eigenvalue weighted by Gasteiger charge is 2.25. The predicted molar refractivity (Wildman–Crippen MR) is 72.2 cm³/mol. The van der Waals surface area contributed by atoms with Gasteiger partial charge in [-0.3, -0.25) is 4.68 Å². The van der Waals surface area contributed by atoms with Crippen molar-refractivity contribution in [2.24, 2.45) is 0 Å². The Kier molecular flexibility index (Phi) is 3.15. The van der Waals surface area contributed by atoms with E-state index in [-0.39, 0.29) is 12.6 Å². The van der Waals surface area contributed by atoms with E-state index in [0.717, 1.165) is 17.1 Å². The van der Waals surface area contributed by atoms with Gasteiger partial charge < -0.3 is 20.5 Å². The molecule has 1 aliphatic rings. The molecule has 3 heterocycles. The summed E-state index contributed by atoms with van der Waals surface area (Å²) in [6, 6.07) is 1.76. The number of anilines is 2. The van der Waals surface area contributed by atoms with Crippen LogP contribution in [0.5, 0.6) is 5.88 Å². The number of aromatic nitrogens is 4. The summed E-state index contributed by atoms with van der Waals surface area (Å²) >= 11 is 0. The van der Waals surface area contributed by atoms with Gasteiger partial charge in [-0.25, -0.2) is 0 Å². The van der Waals surface area contributed by atoms with E-state index >= 15 is 0 Å². The maximum atomic E-state index is 9.03. The maximum Gasteiger partial charge on any atom is 0.225 e. The van der Waals surface area contributed by atoms with E-state index in [9.17, 15) is 0 Å². The third-order valence-corrected chi connectivity index (χ3v) is 3.29. The summed E-state index contributed by atoms with van der Waals surface area (Å²) in [6.45, 7) is 1.95. The number of ether oxygens (including phenoxy) is 1. The van der Waals surface area contributed by atoms with Crippen molar-refractivity contribution >= 4 is 11.8 Å². The van der Waals surface area contributed by atoms with E-state index in [1.165, 1.54) is 0 Å². The number of fused-ring (bicyclic) bond motifs is 1. The molecule has 0 atom stereocenters. The van der Waals surface area contributed by atoms with Crippen LogP contribution in [-0.2, 0) is 19.6 Å². The molecule has 0 spiro atoms. The molecule has 0 radical (unpaired) electrons. The monoisotopic (exact) mass is 276 g/mol. The Bertz CT molecular complexity index is 626. The van der Waals surface area contributed by atoms with Crippen LogP contribution >= 0.6 is 0 Å². The fourth-order valence-corrected chi connectivity index (χ4v) is 2.35. The van der Waals surface area contributed by atoms with Crippen molar-refractivity contribution in [2.75, 3.05) is 24.4 Å². The van der Waals surface area contributed by atoms with Gasteiger partial charge in [0.25, 0.3) is 0 Å².